The molecule has 4 N–H and O–H groups in total. The van der Waals surface area contributed by atoms with Crippen LogP contribution in [-0.4, -0.2) is 54.6 Å². The molecule has 0 saturated carbocycles. The predicted octanol–water partition coefficient (Wildman–Crippen LogP) is 2.97. The molecule has 1 aliphatic rings. The van der Waals surface area contributed by atoms with Gasteiger partial charge >= 0.3 is 0 Å². The molecule has 0 atom stereocenters. The van der Waals surface area contributed by atoms with Gasteiger partial charge in [0.15, 0.2) is 0 Å². The lowest BCUT2D eigenvalue weighted by atomic mass is 10.1. The summed E-state index contributed by atoms with van der Waals surface area (Å²) in [4.78, 5) is 35.7. The summed E-state index contributed by atoms with van der Waals surface area (Å²) in [6.07, 6.45) is 3.57. The number of carbonyl (C=O) groups is 2. The van der Waals surface area contributed by atoms with Gasteiger partial charge < -0.3 is 26.0 Å². The molecule has 36 heavy (non-hydrogen) atoms. The van der Waals surface area contributed by atoms with Crippen LogP contribution in [0.2, 0.25) is 0 Å². The van der Waals surface area contributed by atoms with Gasteiger partial charge in [-0.15, -0.1) is 0 Å². The fraction of sp³-hybridized carbons (Fsp3) is 0.259. The van der Waals surface area contributed by atoms with Gasteiger partial charge in [0.2, 0.25) is 5.91 Å². The van der Waals surface area contributed by atoms with Crippen molar-refractivity contribution in [1.82, 2.24) is 15.3 Å². The van der Waals surface area contributed by atoms with E-state index in [-0.39, 0.29) is 11.8 Å². The molecule has 2 aromatic heterocycles. The number of morpholine rings is 1. The predicted molar refractivity (Wildman–Crippen MR) is 141 cm³/mol. The topological polar surface area (TPSA) is 122 Å². The summed E-state index contributed by atoms with van der Waals surface area (Å²) >= 11 is 0. The molecule has 9 nitrogen and oxygen atoms in total. The Balaban J connectivity index is 1.49. The zero-order valence-electron chi connectivity index (χ0n) is 20.3. The van der Waals surface area contributed by atoms with Gasteiger partial charge in [-0.2, -0.15) is 0 Å². The first-order chi connectivity index (χ1) is 17.4. The van der Waals surface area contributed by atoms with E-state index in [4.69, 9.17) is 15.5 Å². The van der Waals surface area contributed by atoms with Gasteiger partial charge in [0.1, 0.15) is 11.6 Å². The minimum Gasteiger partial charge on any atom is -0.384 e. The maximum atomic E-state index is 13.1. The van der Waals surface area contributed by atoms with Crippen LogP contribution < -0.4 is 21.3 Å². The summed E-state index contributed by atoms with van der Waals surface area (Å²) < 4.78 is 5.48. The third kappa shape index (κ3) is 6.25. The molecule has 1 saturated heterocycles. The molecule has 3 aromatic rings. The molecule has 4 rings (SSSR count). The van der Waals surface area contributed by atoms with Crippen molar-refractivity contribution in [3.05, 3.63) is 78.0 Å². The van der Waals surface area contributed by atoms with Gasteiger partial charge in [-0.3, -0.25) is 9.59 Å². The van der Waals surface area contributed by atoms with Gasteiger partial charge in [0.05, 0.1) is 18.9 Å². The molecule has 3 heterocycles. The minimum atomic E-state index is -0.256. The van der Waals surface area contributed by atoms with Crippen LogP contribution in [0.5, 0.6) is 0 Å². The van der Waals surface area contributed by atoms with Gasteiger partial charge in [0, 0.05) is 42.6 Å². The number of hydrogen-bond acceptors (Lipinski definition) is 7. The molecule has 1 aromatic carbocycles. The number of nitrogen functional groups attached to an aromatic ring is 1. The molecule has 186 valence electrons. The average Bonchev–Trinajstić information content (AvgIpc) is 2.89. The summed E-state index contributed by atoms with van der Waals surface area (Å²) in [7, 11) is 0. The van der Waals surface area contributed by atoms with Crippen LogP contribution >= 0.6 is 0 Å². The van der Waals surface area contributed by atoms with Gasteiger partial charge in [-0.1, -0.05) is 18.7 Å². The van der Waals surface area contributed by atoms with Crippen LogP contribution in [0.25, 0.3) is 11.3 Å². The number of carbonyl (C=O) groups excluding carboxylic acids is 2. The van der Waals surface area contributed by atoms with E-state index in [0.717, 1.165) is 22.5 Å². The monoisotopic (exact) mass is 486 g/mol. The summed E-state index contributed by atoms with van der Waals surface area (Å²) in [5, 5.41) is 5.72. The van der Waals surface area contributed by atoms with E-state index in [2.05, 4.69) is 27.1 Å². The van der Waals surface area contributed by atoms with Gasteiger partial charge in [-0.25, -0.2) is 9.97 Å². The molecule has 0 unspecified atom stereocenters. The maximum Gasteiger partial charge on any atom is 0.251 e. The second kappa shape index (κ2) is 11.5. The van der Waals surface area contributed by atoms with Gasteiger partial charge in [-0.05, 0) is 60.9 Å². The molecule has 2 amide bonds. The van der Waals surface area contributed by atoms with E-state index in [1.54, 1.807) is 18.3 Å². The molecule has 0 radical (unpaired) electrons. The van der Waals surface area contributed by atoms with E-state index < -0.39 is 0 Å². The van der Waals surface area contributed by atoms with Crippen LogP contribution in [0.15, 0.2) is 61.3 Å². The summed E-state index contributed by atoms with van der Waals surface area (Å²) in [5.74, 6) is 0.737. The average molecular weight is 487 g/mol. The number of hydrogen-bond donors (Lipinski definition) is 3. The Labute approximate surface area is 210 Å². The van der Waals surface area contributed by atoms with E-state index in [0.29, 0.717) is 62.0 Å². The second-order valence-electron chi connectivity index (χ2n) is 8.52. The molecular formula is C27H30N6O3. The van der Waals surface area contributed by atoms with Crippen LogP contribution in [0.3, 0.4) is 0 Å². The minimum absolute atomic E-state index is 0.177. The maximum absolute atomic E-state index is 13.1. The molecule has 1 aliphatic heterocycles. The van der Waals surface area contributed by atoms with Crippen molar-refractivity contribution in [2.24, 2.45) is 0 Å². The number of anilines is 3. The van der Waals surface area contributed by atoms with Crippen LogP contribution in [0.1, 0.15) is 21.5 Å². The van der Waals surface area contributed by atoms with E-state index in [1.165, 1.54) is 6.08 Å². The van der Waals surface area contributed by atoms with E-state index in [9.17, 15) is 9.59 Å². The largest absolute Gasteiger partial charge is 0.384 e. The van der Waals surface area contributed by atoms with E-state index >= 15 is 0 Å². The Morgan fingerprint density at radius 3 is 2.61 bits per heavy atom. The highest BCUT2D eigenvalue weighted by molar-refractivity contribution is 5.99. The highest BCUT2D eigenvalue weighted by Crippen LogP contribution is 2.26. The molecule has 9 heteroatoms. The number of aryl methyl sites for hydroxylation is 1. The normalized spacial score (nSPS) is 13.2. The lowest BCUT2D eigenvalue weighted by Crippen LogP contribution is -2.37. The van der Waals surface area contributed by atoms with Crippen molar-refractivity contribution >= 4 is 29.1 Å². The summed E-state index contributed by atoms with van der Waals surface area (Å²) in [5.41, 5.74) is 10.5. The zero-order chi connectivity index (χ0) is 25.5. The first-order valence-corrected chi connectivity index (χ1v) is 11.8. The third-order valence-electron chi connectivity index (χ3n) is 5.92. The lowest BCUT2D eigenvalue weighted by Gasteiger charge is -2.28. The molecule has 0 spiro atoms. The Hall–Kier alpha value is -4.24. The lowest BCUT2D eigenvalue weighted by molar-refractivity contribution is -0.111. The second-order valence-corrected chi connectivity index (χ2v) is 8.52. The number of ether oxygens (including phenoxy) is 1. The summed E-state index contributed by atoms with van der Waals surface area (Å²) in [6, 6.07) is 12.9. The smallest absolute Gasteiger partial charge is 0.251 e. The first-order valence-electron chi connectivity index (χ1n) is 11.8. The Morgan fingerprint density at radius 2 is 1.92 bits per heavy atom. The van der Waals surface area contributed by atoms with E-state index in [1.807, 2.05) is 37.3 Å². The zero-order valence-corrected chi connectivity index (χ0v) is 20.3. The number of nitrogens with one attached hydrogen (secondary N) is 2. The van der Waals surface area contributed by atoms with Crippen molar-refractivity contribution in [3.63, 3.8) is 0 Å². The number of benzene rings is 1. The third-order valence-corrected chi connectivity index (χ3v) is 5.92. The van der Waals surface area contributed by atoms with Crippen LogP contribution in [0, 0.1) is 6.92 Å². The fourth-order valence-corrected chi connectivity index (χ4v) is 3.96. The number of rotatable bonds is 8. The van der Waals surface area contributed by atoms with Crippen LogP contribution in [0.4, 0.5) is 17.3 Å². The van der Waals surface area contributed by atoms with Crippen LogP contribution in [-0.2, 0) is 16.0 Å². The SMILES string of the molecule is C=CC(=O)Nc1ccc(CCNC(=O)c2cc(-c3cnc(N)cc3C)nc(N3CCOCC3)c2)cc1. The highest BCUT2D eigenvalue weighted by Gasteiger charge is 2.18. The Bertz CT molecular complexity index is 1250. The Kier molecular flexibility index (Phi) is 7.92. The number of nitrogens with two attached hydrogens (primary N) is 1. The van der Waals surface area contributed by atoms with Crippen molar-refractivity contribution < 1.29 is 14.3 Å². The van der Waals surface area contributed by atoms with Crippen molar-refractivity contribution in [3.8, 4) is 11.3 Å². The standard InChI is InChI=1S/C27H30N6O3/c1-3-26(34)31-21-6-4-19(5-7-21)8-9-29-27(35)20-15-23(22-17-30-24(28)14-18(22)2)32-25(16-20)33-10-12-36-13-11-33/h3-7,14-17H,1,8-13H2,2H3,(H2,28,30)(H,29,35)(H,31,34). The quantitative estimate of drug-likeness (QED) is 0.418. The molecular weight excluding hydrogens is 456 g/mol. The number of amides is 2. The molecule has 0 aliphatic carbocycles. The molecule has 1 fully saturated rings. The number of aromatic nitrogens is 2. The fourth-order valence-electron chi connectivity index (χ4n) is 3.96. The van der Waals surface area contributed by atoms with Crippen molar-refractivity contribution in [1.29, 1.82) is 0 Å². The van der Waals surface area contributed by atoms with Gasteiger partial charge in [0.25, 0.3) is 5.91 Å². The number of pyridine rings is 2. The number of nitrogens with zero attached hydrogens (tertiary/aromatic N) is 3. The first kappa shape index (κ1) is 24.9. The van der Waals surface area contributed by atoms with Crippen molar-refractivity contribution in [2.45, 2.75) is 13.3 Å². The Morgan fingerprint density at radius 1 is 1.17 bits per heavy atom. The highest BCUT2D eigenvalue weighted by atomic mass is 16.5. The summed E-state index contributed by atoms with van der Waals surface area (Å²) in [6.45, 7) is 8.51. The van der Waals surface area contributed by atoms with Crippen molar-refractivity contribution in [2.75, 3.05) is 48.8 Å². The molecule has 0 bridgehead atoms.